The summed E-state index contributed by atoms with van der Waals surface area (Å²) >= 11 is 0. The molecule has 0 radical (unpaired) electrons. The van der Waals surface area contributed by atoms with Crippen LogP contribution in [0.25, 0.3) is 0 Å². The quantitative estimate of drug-likeness (QED) is 0.818. The minimum Gasteiger partial charge on any atom is -0.342 e. The highest BCUT2D eigenvalue weighted by atomic mass is 32.2. The van der Waals surface area contributed by atoms with Gasteiger partial charge >= 0.3 is 0 Å². The van der Waals surface area contributed by atoms with Crippen molar-refractivity contribution >= 4 is 15.9 Å². The molecule has 8 nitrogen and oxygen atoms in total. The molecule has 1 aromatic heterocycles. The number of aryl methyl sites for hydroxylation is 1. The second-order valence-corrected chi connectivity index (χ2v) is 8.59. The fraction of sp³-hybridized carbons (Fsp3) is 0.471. The van der Waals surface area contributed by atoms with E-state index in [1.54, 1.807) is 25.1 Å². The number of rotatable bonds is 6. The maximum absolute atomic E-state index is 12.6. The van der Waals surface area contributed by atoms with Crippen LogP contribution in [0.4, 0.5) is 0 Å². The van der Waals surface area contributed by atoms with E-state index in [9.17, 15) is 13.2 Å². The Morgan fingerprint density at radius 1 is 1.27 bits per heavy atom. The minimum absolute atomic E-state index is 0.152. The van der Waals surface area contributed by atoms with Crippen molar-refractivity contribution in [2.75, 3.05) is 13.6 Å². The first-order chi connectivity index (χ1) is 12.3. The number of nitrogens with one attached hydrogen (secondary N) is 1. The molecule has 140 valence electrons. The van der Waals surface area contributed by atoms with Crippen LogP contribution in [0.5, 0.6) is 0 Å². The minimum atomic E-state index is -3.73. The van der Waals surface area contributed by atoms with Crippen molar-refractivity contribution in [1.29, 1.82) is 0 Å². The molecule has 26 heavy (non-hydrogen) atoms. The van der Waals surface area contributed by atoms with Crippen LogP contribution in [0.1, 0.15) is 37.4 Å². The number of aromatic nitrogens is 2. The molecule has 1 aromatic carbocycles. The summed E-state index contributed by atoms with van der Waals surface area (Å²) in [6.07, 6.45) is 3.28. The lowest BCUT2D eigenvalue weighted by molar-refractivity contribution is -0.123. The van der Waals surface area contributed by atoms with E-state index in [2.05, 4.69) is 15.5 Å². The van der Waals surface area contributed by atoms with Gasteiger partial charge in [-0.3, -0.25) is 4.79 Å². The second kappa shape index (κ2) is 7.16. The largest absolute Gasteiger partial charge is 0.342 e. The van der Waals surface area contributed by atoms with Crippen LogP contribution >= 0.6 is 0 Å². The summed E-state index contributed by atoms with van der Waals surface area (Å²) in [5.74, 6) is 0.495. The lowest BCUT2D eigenvalue weighted by Crippen LogP contribution is -2.48. The molecule has 1 fully saturated rings. The summed E-state index contributed by atoms with van der Waals surface area (Å²) in [6, 6.07) is 8.04. The molecule has 0 aliphatic heterocycles. The lowest BCUT2D eigenvalue weighted by Gasteiger charge is -2.28. The van der Waals surface area contributed by atoms with Crippen molar-refractivity contribution in [3.8, 4) is 0 Å². The fourth-order valence-corrected chi connectivity index (χ4v) is 4.39. The molecular formula is C17H22N4O4S. The van der Waals surface area contributed by atoms with Crippen LogP contribution in [0.15, 0.2) is 39.8 Å². The molecular weight excluding hydrogens is 356 g/mol. The van der Waals surface area contributed by atoms with Gasteiger partial charge in [0, 0.05) is 14.0 Å². The monoisotopic (exact) mass is 378 g/mol. The number of carbonyl (C=O) groups is 1. The van der Waals surface area contributed by atoms with E-state index in [1.165, 1.54) is 19.2 Å². The van der Waals surface area contributed by atoms with E-state index in [0.717, 1.165) is 17.1 Å². The first-order valence-electron chi connectivity index (χ1n) is 8.47. The van der Waals surface area contributed by atoms with Crippen LogP contribution in [0.3, 0.4) is 0 Å². The first-order valence-corrected chi connectivity index (χ1v) is 9.91. The predicted octanol–water partition coefficient (Wildman–Crippen LogP) is 1.58. The second-order valence-electron chi connectivity index (χ2n) is 6.55. The Bertz CT molecular complexity index is 873. The zero-order valence-corrected chi connectivity index (χ0v) is 15.6. The Hall–Kier alpha value is -2.26. The summed E-state index contributed by atoms with van der Waals surface area (Å²) in [4.78, 5) is 17.0. The molecule has 3 rings (SSSR count). The van der Waals surface area contributed by atoms with Gasteiger partial charge in [-0.2, -0.15) is 9.29 Å². The Morgan fingerprint density at radius 2 is 1.92 bits per heavy atom. The van der Waals surface area contributed by atoms with Crippen molar-refractivity contribution in [1.82, 2.24) is 19.8 Å². The number of benzene rings is 1. The highest BCUT2D eigenvalue weighted by molar-refractivity contribution is 7.89. The molecule has 1 saturated carbocycles. The van der Waals surface area contributed by atoms with Gasteiger partial charge in [-0.1, -0.05) is 36.2 Å². The number of carbonyl (C=O) groups excluding carboxylic acids is 1. The molecule has 0 spiro atoms. The molecule has 1 heterocycles. The van der Waals surface area contributed by atoms with E-state index >= 15 is 0 Å². The third kappa shape index (κ3) is 3.63. The van der Waals surface area contributed by atoms with Crippen LogP contribution in [0, 0.1) is 6.92 Å². The van der Waals surface area contributed by atoms with Crippen molar-refractivity contribution < 1.29 is 17.7 Å². The third-order valence-electron chi connectivity index (χ3n) is 4.61. The number of nitrogens with zero attached hydrogens (tertiary/aromatic N) is 3. The third-order valence-corrected chi connectivity index (χ3v) is 6.43. The summed E-state index contributed by atoms with van der Waals surface area (Å²) in [7, 11) is -2.33. The van der Waals surface area contributed by atoms with E-state index in [1.807, 2.05) is 0 Å². The zero-order valence-electron chi connectivity index (χ0n) is 14.8. The molecule has 1 N–H and O–H groups in total. The topological polar surface area (TPSA) is 105 Å². The van der Waals surface area contributed by atoms with Gasteiger partial charge in [-0.25, -0.2) is 8.42 Å². The van der Waals surface area contributed by atoms with Crippen LogP contribution in [-0.4, -0.2) is 42.4 Å². The summed E-state index contributed by atoms with van der Waals surface area (Å²) in [5.41, 5.74) is -0.688. The van der Waals surface area contributed by atoms with Gasteiger partial charge in [0.15, 0.2) is 5.82 Å². The molecule has 1 amide bonds. The van der Waals surface area contributed by atoms with Gasteiger partial charge in [-0.05, 0) is 25.0 Å². The van der Waals surface area contributed by atoms with Crippen LogP contribution in [0.2, 0.25) is 0 Å². The lowest BCUT2D eigenvalue weighted by atomic mass is 9.96. The molecule has 1 aliphatic carbocycles. The fourth-order valence-electron chi connectivity index (χ4n) is 3.24. The summed E-state index contributed by atoms with van der Waals surface area (Å²) in [6.45, 7) is 1.41. The van der Waals surface area contributed by atoms with Gasteiger partial charge in [0.25, 0.3) is 0 Å². The Balaban J connectivity index is 1.73. The molecule has 0 saturated heterocycles. The predicted molar refractivity (Wildman–Crippen MR) is 93.6 cm³/mol. The standard InChI is InChI=1S/C17H22N4O4S/c1-13-18-16(20-25-13)17(10-6-7-11-17)19-15(22)12-21(2)26(23,24)14-8-4-3-5-9-14/h3-5,8-9H,6-7,10-12H2,1-2H3,(H,19,22). The van der Waals surface area contributed by atoms with E-state index in [-0.39, 0.29) is 11.4 Å². The van der Waals surface area contributed by atoms with Gasteiger partial charge < -0.3 is 9.84 Å². The normalized spacial score (nSPS) is 16.7. The molecule has 1 aliphatic rings. The Labute approximate surface area is 152 Å². The van der Waals surface area contributed by atoms with E-state index < -0.39 is 21.5 Å². The number of amides is 1. The highest BCUT2D eigenvalue weighted by Crippen LogP contribution is 2.37. The maximum Gasteiger partial charge on any atom is 0.243 e. The average Bonchev–Trinajstić information content (AvgIpc) is 3.25. The SMILES string of the molecule is Cc1nc(C2(NC(=O)CN(C)S(=O)(=O)c3ccccc3)CCCC2)no1. The smallest absolute Gasteiger partial charge is 0.243 e. The van der Waals surface area contributed by atoms with Gasteiger partial charge in [0.1, 0.15) is 5.54 Å². The number of hydrogen-bond donors (Lipinski definition) is 1. The van der Waals surface area contributed by atoms with Gasteiger partial charge in [0.05, 0.1) is 11.4 Å². The molecule has 0 bridgehead atoms. The van der Waals surface area contributed by atoms with Gasteiger partial charge in [0.2, 0.25) is 21.8 Å². The summed E-state index contributed by atoms with van der Waals surface area (Å²) in [5, 5.41) is 6.91. The molecule has 9 heteroatoms. The Kier molecular flexibility index (Phi) is 5.10. The van der Waals surface area contributed by atoms with E-state index in [4.69, 9.17) is 4.52 Å². The van der Waals surface area contributed by atoms with Crippen molar-refractivity contribution in [3.05, 3.63) is 42.0 Å². The van der Waals surface area contributed by atoms with Crippen molar-refractivity contribution in [3.63, 3.8) is 0 Å². The molecule has 0 unspecified atom stereocenters. The molecule has 0 atom stereocenters. The number of likely N-dealkylation sites (N-methyl/N-ethyl adjacent to an activating group) is 1. The summed E-state index contributed by atoms with van der Waals surface area (Å²) < 4.78 is 31.2. The van der Waals surface area contributed by atoms with Crippen LogP contribution < -0.4 is 5.32 Å². The number of hydrogen-bond acceptors (Lipinski definition) is 6. The molecule has 2 aromatic rings. The first kappa shape index (κ1) is 18.5. The zero-order chi connectivity index (χ0) is 18.8. The Morgan fingerprint density at radius 3 is 2.50 bits per heavy atom. The van der Waals surface area contributed by atoms with Crippen molar-refractivity contribution in [2.45, 2.75) is 43.0 Å². The van der Waals surface area contributed by atoms with Gasteiger partial charge in [-0.15, -0.1) is 0 Å². The highest BCUT2D eigenvalue weighted by Gasteiger charge is 2.41. The number of sulfonamides is 1. The van der Waals surface area contributed by atoms with Crippen LogP contribution in [-0.2, 0) is 20.4 Å². The van der Waals surface area contributed by atoms with Crippen molar-refractivity contribution in [2.24, 2.45) is 0 Å². The maximum atomic E-state index is 12.6. The average molecular weight is 378 g/mol. The van der Waals surface area contributed by atoms with E-state index in [0.29, 0.717) is 24.6 Å².